The van der Waals surface area contributed by atoms with E-state index in [9.17, 15) is 9.59 Å². The summed E-state index contributed by atoms with van der Waals surface area (Å²) < 4.78 is 4.87. The molecule has 0 saturated heterocycles. The van der Waals surface area contributed by atoms with E-state index in [4.69, 9.17) is 15.7 Å². The molecule has 1 aromatic carbocycles. The van der Waals surface area contributed by atoms with Gasteiger partial charge in [0.2, 0.25) is 5.96 Å². The SMILES string of the molecule is C=CCNC(=O)N1C(N)=NC(C)=C(C(=O)OC)C1c1ccc(C#N)cc1. The highest BCUT2D eigenvalue weighted by molar-refractivity contribution is 6.02. The van der Waals surface area contributed by atoms with E-state index in [2.05, 4.69) is 16.9 Å². The van der Waals surface area contributed by atoms with Crippen molar-refractivity contribution in [3.8, 4) is 6.07 Å². The molecular formula is C18H19N5O3. The van der Waals surface area contributed by atoms with Crippen molar-refractivity contribution < 1.29 is 14.3 Å². The third-order valence-corrected chi connectivity index (χ3v) is 3.83. The van der Waals surface area contributed by atoms with Gasteiger partial charge in [-0.25, -0.2) is 14.6 Å². The first kappa shape index (κ1) is 18.7. The van der Waals surface area contributed by atoms with Gasteiger partial charge in [0.15, 0.2) is 0 Å². The smallest absolute Gasteiger partial charge is 0.338 e. The molecule has 2 amide bonds. The molecule has 1 heterocycles. The molecule has 0 aliphatic carbocycles. The van der Waals surface area contributed by atoms with Crippen LogP contribution in [-0.4, -0.2) is 36.5 Å². The Labute approximate surface area is 151 Å². The van der Waals surface area contributed by atoms with Crippen molar-refractivity contribution in [3.63, 3.8) is 0 Å². The molecule has 0 fully saturated rings. The maximum atomic E-state index is 12.6. The molecule has 0 aromatic heterocycles. The summed E-state index contributed by atoms with van der Waals surface area (Å²) in [5.74, 6) is -0.666. The van der Waals surface area contributed by atoms with Crippen LogP contribution in [0.5, 0.6) is 0 Å². The summed E-state index contributed by atoms with van der Waals surface area (Å²) in [5.41, 5.74) is 7.58. The standard InChI is InChI=1S/C18H19N5O3/c1-4-9-21-18(25)23-15(13-7-5-12(10-19)6-8-13)14(16(24)26-3)11(2)22-17(23)20/h4-8,15H,1,9H2,2-3H3,(H2,20,22)(H,21,25). The molecule has 1 atom stereocenters. The Morgan fingerprint density at radius 1 is 1.46 bits per heavy atom. The van der Waals surface area contributed by atoms with Crippen molar-refractivity contribution >= 4 is 18.0 Å². The van der Waals surface area contributed by atoms with Gasteiger partial charge >= 0.3 is 12.0 Å². The number of allylic oxidation sites excluding steroid dienone is 1. The average molecular weight is 353 g/mol. The van der Waals surface area contributed by atoms with Gasteiger partial charge in [-0.3, -0.25) is 4.90 Å². The lowest BCUT2D eigenvalue weighted by Crippen LogP contribution is -2.52. The van der Waals surface area contributed by atoms with Gasteiger partial charge in [-0.15, -0.1) is 6.58 Å². The van der Waals surface area contributed by atoms with Crippen LogP contribution in [0.25, 0.3) is 0 Å². The molecule has 0 saturated carbocycles. The first-order valence-corrected chi connectivity index (χ1v) is 7.75. The number of rotatable bonds is 4. The zero-order valence-electron chi connectivity index (χ0n) is 14.5. The normalized spacial score (nSPS) is 16.4. The lowest BCUT2D eigenvalue weighted by Gasteiger charge is -2.35. The van der Waals surface area contributed by atoms with Gasteiger partial charge in [0.05, 0.1) is 30.0 Å². The Hall–Kier alpha value is -3.60. The molecule has 1 aliphatic heterocycles. The number of guanidine groups is 1. The number of carbonyl (C=O) groups is 2. The van der Waals surface area contributed by atoms with E-state index in [1.54, 1.807) is 31.2 Å². The minimum absolute atomic E-state index is 0.0499. The summed E-state index contributed by atoms with van der Waals surface area (Å²) in [6.45, 7) is 5.39. The molecule has 0 radical (unpaired) electrons. The first-order valence-electron chi connectivity index (χ1n) is 7.75. The number of benzene rings is 1. The predicted octanol–water partition coefficient (Wildman–Crippen LogP) is 1.57. The van der Waals surface area contributed by atoms with E-state index < -0.39 is 18.0 Å². The second kappa shape index (κ2) is 7.98. The van der Waals surface area contributed by atoms with Crippen LogP contribution in [0.1, 0.15) is 24.1 Å². The monoisotopic (exact) mass is 353 g/mol. The number of nitriles is 1. The number of hydrogen-bond acceptors (Lipinski definition) is 6. The Morgan fingerprint density at radius 2 is 2.12 bits per heavy atom. The number of nitrogens with one attached hydrogen (secondary N) is 1. The zero-order valence-corrected chi connectivity index (χ0v) is 14.5. The minimum Gasteiger partial charge on any atom is -0.466 e. The predicted molar refractivity (Wildman–Crippen MR) is 95.7 cm³/mol. The summed E-state index contributed by atoms with van der Waals surface area (Å²) in [6, 6.07) is 7.17. The zero-order chi connectivity index (χ0) is 19.3. The van der Waals surface area contributed by atoms with Crippen molar-refractivity contribution in [1.82, 2.24) is 10.2 Å². The number of methoxy groups -OCH3 is 1. The maximum Gasteiger partial charge on any atom is 0.338 e. The van der Waals surface area contributed by atoms with Crippen LogP contribution in [0.15, 0.2) is 53.2 Å². The van der Waals surface area contributed by atoms with Crippen molar-refractivity contribution in [2.75, 3.05) is 13.7 Å². The fourth-order valence-corrected chi connectivity index (χ4v) is 2.64. The van der Waals surface area contributed by atoms with E-state index in [0.29, 0.717) is 16.8 Å². The van der Waals surface area contributed by atoms with E-state index in [1.807, 2.05) is 6.07 Å². The largest absolute Gasteiger partial charge is 0.466 e. The molecule has 8 nitrogen and oxygen atoms in total. The highest BCUT2D eigenvalue weighted by Gasteiger charge is 2.39. The Balaban J connectivity index is 2.59. The number of aliphatic imine (C=N–C) groups is 1. The summed E-state index contributed by atoms with van der Waals surface area (Å²) in [7, 11) is 1.25. The topological polar surface area (TPSA) is 121 Å². The van der Waals surface area contributed by atoms with Crippen LogP contribution in [0.2, 0.25) is 0 Å². The van der Waals surface area contributed by atoms with E-state index in [-0.39, 0.29) is 18.1 Å². The van der Waals surface area contributed by atoms with Gasteiger partial charge in [-0.2, -0.15) is 5.26 Å². The van der Waals surface area contributed by atoms with Crippen molar-refractivity contribution in [2.45, 2.75) is 13.0 Å². The Kier molecular flexibility index (Phi) is 5.75. The van der Waals surface area contributed by atoms with Crippen molar-refractivity contribution in [1.29, 1.82) is 5.26 Å². The van der Waals surface area contributed by atoms with Crippen LogP contribution in [-0.2, 0) is 9.53 Å². The van der Waals surface area contributed by atoms with Crippen LogP contribution >= 0.6 is 0 Å². The number of carbonyl (C=O) groups excluding carboxylic acids is 2. The first-order chi connectivity index (χ1) is 12.4. The number of hydrogen-bond donors (Lipinski definition) is 2. The number of esters is 1. The Bertz CT molecular complexity index is 833. The van der Waals surface area contributed by atoms with Gasteiger partial charge < -0.3 is 15.8 Å². The lowest BCUT2D eigenvalue weighted by atomic mass is 9.94. The minimum atomic E-state index is -0.836. The lowest BCUT2D eigenvalue weighted by molar-refractivity contribution is -0.136. The third-order valence-electron chi connectivity index (χ3n) is 3.83. The van der Waals surface area contributed by atoms with E-state index in [0.717, 1.165) is 0 Å². The molecule has 134 valence electrons. The fourth-order valence-electron chi connectivity index (χ4n) is 2.64. The van der Waals surface area contributed by atoms with Crippen molar-refractivity contribution in [3.05, 3.63) is 59.3 Å². The number of nitrogens with two attached hydrogens (primary N) is 1. The van der Waals surface area contributed by atoms with Crippen LogP contribution in [0.3, 0.4) is 0 Å². The molecule has 0 bridgehead atoms. The quantitative estimate of drug-likeness (QED) is 0.629. The molecule has 1 unspecified atom stereocenters. The molecular weight excluding hydrogens is 334 g/mol. The van der Waals surface area contributed by atoms with Gasteiger partial charge in [0.25, 0.3) is 0 Å². The maximum absolute atomic E-state index is 12.6. The molecule has 2 rings (SSSR count). The molecule has 26 heavy (non-hydrogen) atoms. The van der Waals surface area contributed by atoms with E-state index >= 15 is 0 Å². The van der Waals surface area contributed by atoms with E-state index in [1.165, 1.54) is 18.1 Å². The Morgan fingerprint density at radius 3 is 2.65 bits per heavy atom. The summed E-state index contributed by atoms with van der Waals surface area (Å²) >= 11 is 0. The van der Waals surface area contributed by atoms with Crippen LogP contribution in [0, 0.1) is 11.3 Å². The van der Waals surface area contributed by atoms with Gasteiger partial charge in [-0.05, 0) is 24.6 Å². The highest BCUT2D eigenvalue weighted by Crippen LogP contribution is 2.35. The molecule has 8 heteroatoms. The highest BCUT2D eigenvalue weighted by atomic mass is 16.5. The molecule has 1 aliphatic rings. The van der Waals surface area contributed by atoms with Gasteiger partial charge in [0.1, 0.15) is 6.04 Å². The van der Waals surface area contributed by atoms with Gasteiger partial charge in [0, 0.05) is 6.54 Å². The number of urea groups is 1. The number of ether oxygens (including phenoxy) is 1. The average Bonchev–Trinajstić information content (AvgIpc) is 2.65. The number of nitrogens with zero attached hydrogens (tertiary/aromatic N) is 3. The molecule has 1 aromatic rings. The number of amides is 2. The van der Waals surface area contributed by atoms with Crippen LogP contribution in [0.4, 0.5) is 4.79 Å². The summed E-state index contributed by atoms with van der Waals surface area (Å²) in [4.78, 5) is 30.3. The molecule has 3 N–H and O–H groups in total. The summed E-state index contributed by atoms with van der Waals surface area (Å²) in [5, 5.41) is 11.6. The van der Waals surface area contributed by atoms with Crippen LogP contribution < -0.4 is 11.1 Å². The second-order valence-corrected chi connectivity index (χ2v) is 5.44. The third kappa shape index (κ3) is 3.57. The van der Waals surface area contributed by atoms with Crippen molar-refractivity contribution in [2.24, 2.45) is 10.7 Å². The van der Waals surface area contributed by atoms with Gasteiger partial charge in [-0.1, -0.05) is 18.2 Å². The summed E-state index contributed by atoms with van der Waals surface area (Å²) in [6.07, 6.45) is 1.52. The fraction of sp³-hybridized carbons (Fsp3) is 0.222. The second-order valence-electron chi connectivity index (χ2n) is 5.44. The molecule has 0 spiro atoms.